The smallest absolute Gasteiger partial charge is 0.327 e. The molecule has 4 aromatic rings. The highest BCUT2D eigenvalue weighted by atomic mass is 16.5. The number of para-hydroxylation sites is 1. The molecule has 3 N–H and O–H groups in total. The van der Waals surface area contributed by atoms with Crippen LogP contribution in [0.2, 0.25) is 0 Å². The van der Waals surface area contributed by atoms with E-state index in [1.165, 1.54) is 0 Å². The molecule has 41 heavy (non-hydrogen) atoms. The van der Waals surface area contributed by atoms with Crippen LogP contribution >= 0.6 is 0 Å². The molecule has 1 atom stereocenters. The molecule has 10 nitrogen and oxygen atoms in total. The van der Waals surface area contributed by atoms with Gasteiger partial charge in [-0.3, -0.25) is 4.79 Å². The van der Waals surface area contributed by atoms with E-state index in [0.29, 0.717) is 52.1 Å². The largest absolute Gasteiger partial charge is 0.493 e. The molecular weight excluding hydrogens is 526 g/mol. The summed E-state index contributed by atoms with van der Waals surface area (Å²) in [5.74, 6) is 1.22. The van der Waals surface area contributed by atoms with Gasteiger partial charge in [0, 0.05) is 25.1 Å². The van der Waals surface area contributed by atoms with Gasteiger partial charge >= 0.3 is 11.9 Å². The van der Waals surface area contributed by atoms with E-state index in [-0.39, 0.29) is 25.6 Å². The van der Waals surface area contributed by atoms with Crippen molar-refractivity contribution >= 4 is 11.9 Å². The Morgan fingerprint density at radius 1 is 1.02 bits per heavy atom. The number of hydrogen-bond acceptors (Lipinski definition) is 9. The Bertz CT molecular complexity index is 1470. The molecule has 0 aliphatic carbocycles. The summed E-state index contributed by atoms with van der Waals surface area (Å²) in [6.07, 6.45) is 1.91. The van der Waals surface area contributed by atoms with Crippen LogP contribution < -0.4 is 15.2 Å². The maximum absolute atomic E-state index is 12.5. The number of ether oxygens (including phenoxy) is 3. The average molecular weight is 560 g/mol. The zero-order valence-corrected chi connectivity index (χ0v) is 23.2. The minimum atomic E-state index is -1.07. The summed E-state index contributed by atoms with van der Waals surface area (Å²) in [5.41, 5.74) is 8.77. The van der Waals surface area contributed by atoms with Gasteiger partial charge in [-0.1, -0.05) is 24.3 Å². The van der Waals surface area contributed by atoms with Crippen LogP contribution in [-0.4, -0.2) is 39.7 Å². The Morgan fingerprint density at radius 3 is 2.49 bits per heavy atom. The van der Waals surface area contributed by atoms with Gasteiger partial charge in [0.25, 0.3) is 0 Å². The number of benzene rings is 2. The number of carboxylic acids is 1. The van der Waals surface area contributed by atoms with E-state index < -0.39 is 18.0 Å². The first-order valence-electron chi connectivity index (χ1n) is 13.3. The van der Waals surface area contributed by atoms with Gasteiger partial charge in [-0.15, -0.1) is 0 Å². The number of esters is 1. The van der Waals surface area contributed by atoms with Crippen LogP contribution in [0.4, 0.5) is 0 Å². The molecule has 0 aliphatic heterocycles. The Morgan fingerprint density at radius 2 is 1.80 bits per heavy atom. The fourth-order valence-corrected chi connectivity index (χ4v) is 4.08. The van der Waals surface area contributed by atoms with Crippen molar-refractivity contribution in [2.24, 2.45) is 5.73 Å². The summed E-state index contributed by atoms with van der Waals surface area (Å²) in [6, 6.07) is 17.0. The van der Waals surface area contributed by atoms with Crippen LogP contribution in [0.3, 0.4) is 0 Å². The highest BCUT2D eigenvalue weighted by molar-refractivity contribution is 5.78. The van der Waals surface area contributed by atoms with Crippen molar-refractivity contribution in [3.8, 4) is 28.8 Å². The predicted molar refractivity (Wildman–Crippen MR) is 151 cm³/mol. The molecule has 10 heteroatoms. The third-order valence-corrected chi connectivity index (χ3v) is 6.12. The second-order valence-electron chi connectivity index (χ2n) is 9.64. The van der Waals surface area contributed by atoms with Gasteiger partial charge < -0.3 is 29.5 Å². The number of aliphatic carboxylic acids is 1. The fourth-order valence-electron chi connectivity index (χ4n) is 4.08. The van der Waals surface area contributed by atoms with Crippen LogP contribution in [0.15, 0.2) is 71.3 Å². The number of carboxylic acid groups (broad SMARTS) is 1. The highest BCUT2D eigenvalue weighted by Crippen LogP contribution is 2.27. The predicted octanol–water partition coefficient (Wildman–Crippen LogP) is 5.43. The van der Waals surface area contributed by atoms with Crippen molar-refractivity contribution in [2.75, 3.05) is 6.61 Å². The minimum absolute atomic E-state index is 0.0920. The van der Waals surface area contributed by atoms with E-state index in [1.807, 2.05) is 43.3 Å². The summed E-state index contributed by atoms with van der Waals surface area (Å²) in [5, 5.41) is 9.10. The van der Waals surface area contributed by atoms with Crippen LogP contribution in [0.5, 0.6) is 17.4 Å². The van der Waals surface area contributed by atoms with E-state index in [1.54, 1.807) is 44.3 Å². The molecule has 2 aromatic heterocycles. The number of aromatic nitrogens is 2. The van der Waals surface area contributed by atoms with E-state index in [4.69, 9.17) is 29.5 Å². The molecule has 0 spiro atoms. The molecule has 214 valence electrons. The van der Waals surface area contributed by atoms with Crippen molar-refractivity contribution < 1.29 is 33.3 Å². The Kier molecular flexibility index (Phi) is 9.70. The topological polar surface area (TPSA) is 147 Å². The lowest BCUT2D eigenvalue weighted by Gasteiger charge is -2.18. The van der Waals surface area contributed by atoms with Gasteiger partial charge in [0.1, 0.15) is 23.3 Å². The maximum atomic E-state index is 12.5. The van der Waals surface area contributed by atoms with Crippen molar-refractivity contribution in [3.05, 3.63) is 89.4 Å². The van der Waals surface area contributed by atoms with E-state index >= 15 is 0 Å². The number of pyridine rings is 1. The number of hydrogen-bond donors (Lipinski definition) is 2. The van der Waals surface area contributed by atoms with Gasteiger partial charge in [0.15, 0.2) is 0 Å². The number of carbonyl (C=O) groups excluding carboxylic acids is 1. The number of oxazole rings is 1. The van der Waals surface area contributed by atoms with Gasteiger partial charge in [-0.2, -0.15) is 0 Å². The standard InChI is InChI=1S/C31H33N3O7/c1-19(2)39-31(37)29(32)25-17-24(12-9-21(25)11-14-28(35)36)38-16-15-26-20(3)40-30(34-26)22-10-13-27(33-18-22)41-23-7-5-4-6-8-23/h4-10,12-13,17-19,29H,11,14-16,32H2,1-3H3,(H,35,36). The zero-order chi connectivity index (χ0) is 29.4. The van der Waals surface area contributed by atoms with Crippen LogP contribution in [0, 0.1) is 6.92 Å². The summed E-state index contributed by atoms with van der Waals surface area (Å²) >= 11 is 0. The fraction of sp³-hybridized carbons (Fsp3) is 0.290. The highest BCUT2D eigenvalue weighted by Gasteiger charge is 2.23. The molecule has 0 amide bonds. The van der Waals surface area contributed by atoms with Gasteiger partial charge in [0.05, 0.1) is 24.0 Å². The summed E-state index contributed by atoms with van der Waals surface area (Å²) in [7, 11) is 0. The Balaban J connectivity index is 1.40. The molecule has 1 unspecified atom stereocenters. The minimum Gasteiger partial charge on any atom is -0.493 e. The van der Waals surface area contributed by atoms with E-state index in [2.05, 4.69) is 9.97 Å². The number of nitrogens with zero attached hydrogens (tertiary/aromatic N) is 2. The Labute approximate surface area is 238 Å². The second-order valence-corrected chi connectivity index (χ2v) is 9.64. The molecule has 0 radical (unpaired) electrons. The Hall–Kier alpha value is -4.70. The van der Waals surface area contributed by atoms with E-state index in [0.717, 1.165) is 5.69 Å². The van der Waals surface area contributed by atoms with Crippen LogP contribution in [0.25, 0.3) is 11.5 Å². The summed E-state index contributed by atoms with van der Waals surface area (Å²) in [6.45, 7) is 5.59. The zero-order valence-electron chi connectivity index (χ0n) is 23.2. The first-order valence-corrected chi connectivity index (χ1v) is 13.3. The molecule has 0 saturated carbocycles. The van der Waals surface area contributed by atoms with Crippen LogP contribution in [0.1, 0.15) is 48.9 Å². The lowest BCUT2D eigenvalue weighted by molar-refractivity contribution is -0.149. The summed E-state index contributed by atoms with van der Waals surface area (Å²) in [4.78, 5) is 32.5. The third-order valence-electron chi connectivity index (χ3n) is 6.12. The molecule has 0 saturated heterocycles. The molecular formula is C31H33N3O7. The van der Waals surface area contributed by atoms with Gasteiger partial charge in [-0.05, 0) is 68.7 Å². The summed E-state index contributed by atoms with van der Waals surface area (Å²) < 4.78 is 22.8. The monoisotopic (exact) mass is 559 g/mol. The average Bonchev–Trinajstić information content (AvgIpc) is 3.32. The van der Waals surface area contributed by atoms with Crippen LogP contribution in [-0.2, 0) is 27.2 Å². The lowest BCUT2D eigenvalue weighted by atomic mass is 9.97. The number of carbonyl (C=O) groups is 2. The number of nitrogens with two attached hydrogens (primary N) is 1. The van der Waals surface area contributed by atoms with Crippen molar-refractivity contribution in [3.63, 3.8) is 0 Å². The van der Waals surface area contributed by atoms with Crippen molar-refractivity contribution in [1.82, 2.24) is 9.97 Å². The normalized spacial score (nSPS) is 11.7. The number of aryl methyl sites for hydroxylation is 2. The van der Waals surface area contributed by atoms with Crippen molar-refractivity contribution in [1.29, 1.82) is 0 Å². The molecule has 2 aromatic carbocycles. The molecule has 0 aliphatic rings. The van der Waals surface area contributed by atoms with Gasteiger partial charge in [-0.25, -0.2) is 14.8 Å². The maximum Gasteiger partial charge on any atom is 0.327 e. The lowest BCUT2D eigenvalue weighted by Crippen LogP contribution is -2.27. The van der Waals surface area contributed by atoms with E-state index in [9.17, 15) is 9.59 Å². The molecule has 0 bridgehead atoms. The number of rotatable bonds is 13. The SMILES string of the molecule is Cc1oc(-c2ccc(Oc3ccccc3)nc2)nc1CCOc1ccc(CCC(=O)O)c(C(N)C(=O)OC(C)C)c1. The third kappa shape index (κ3) is 8.15. The first-order chi connectivity index (χ1) is 19.7. The first kappa shape index (κ1) is 29.3. The molecule has 2 heterocycles. The quantitative estimate of drug-likeness (QED) is 0.203. The van der Waals surface area contributed by atoms with Crippen molar-refractivity contribution in [2.45, 2.75) is 52.2 Å². The van der Waals surface area contributed by atoms with Gasteiger partial charge in [0.2, 0.25) is 11.8 Å². The molecule has 4 rings (SSSR count). The molecule has 0 fully saturated rings. The second kappa shape index (κ2) is 13.6.